The van der Waals surface area contributed by atoms with Gasteiger partial charge in [-0.25, -0.2) is 0 Å². The molecule has 1 aliphatic rings. The smallest absolute Gasteiger partial charge is 0.314 e. The summed E-state index contributed by atoms with van der Waals surface area (Å²) in [4.78, 5) is 12.3. The summed E-state index contributed by atoms with van der Waals surface area (Å²) in [5, 5.41) is 20.6. The van der Waals surface area contributed by atoms with Crippen LogP contribution in [0.1, 0.15) is 56.7 Å². The van der Waals surface area contributed by atoms with Crippen LogP contribution in [0.4, 0.5) is 0 Å². The van der Waals surface area contributed by atoms with Crippen LogP contribution in [-0.4, -0.2) is 42.6 Å². The van der Waals surface area contributed by atoms with E-state index in [0.29, 0.717) is 51.3 Å². The Morgan fingerprint density at radius 3 is 2.32 bits per heavy atom. The van der Waals surface area contributed by atoms with Crippen molar-refractivity contribution in [2.45, 2.75) is 57.8 Å². The molecule has 1 unspecified atom stereocenters. The van der Waals surface area contributed by atoms with Gasteiger partial charge in [0, 0.05) is 13.2 Å². The Bertz CT molecular complexity index is 605. The molecule has 0 spiro atoms. The third-order valence-electron chi connectivity index (χ3n) is 5.01. The van der Waals surface area contributed by atoms with Crippen molar-refractivity contribution in [1.82, 2.24) is 0 Å². The van der Waals surface area contributed by atoms with Crippen LogP contribution in [0.2, 0.25) is 0 Å². The molecule has 5 nitrogen and oxygen atoms in total. The summed E-state index contributed by atoms with van der Waals surface area (Å²) in [5.41, 5.74) is 0.915. The summed E-state index contributed by atoms with van der Waals surface area (Å²) in [5.74, 6) is -0.599. The van der Waals surface area contributed by atoms with E-state index in [-0.39, 0.29) is 11.2 Å². The number of aryl methyl sites for hydroxylation is 1. The number of aliphatic carboxylic acids is 1. The number of carbonyl (C=O) groups is 1. The minimum absolute atomic E-state index is 0.247. The van der Waals surface area contributed by atoms with E-state index in [4.69, 9.17) is 9.47 Å². The normalized spacial score (nSPS) is 23.2. The largest absolute Gasteiger partial charge is 0.507 e. The molecule has 2 rings (SSSR count). The summed E-state index contributed by atoms with van der Waals surface area (Å²) in [6.07, 6.45) is 1.58. The maximum atomic E-state index is 12.3. The molecule has 0 aromatic heterocycles. The molecule has 25 heavy (non-hydrogen) atoms. The molecule has 1 fully saturated rings. The van der Waals surface area contributed by atoms with Crippen molar-refractivity contribution in [3.63, 3.8) is 0 Å². The topological polar surface area (TPSA) is 76.0 Å². The Balaban J connectivity index is 2.54. The zero-order chi connectivity index (χ0) is 18.7. The van der Waals surface area contributed by atoms with Crippen LogP contribution >= 0.6 is 0 Å². The van der Waals surface area contributed by atoms with Crippen molar-refractivity contribution in [2.75, 3.05) is 26.4 Å². The Hall–Kier alpha value is -1.59. The number of hydrogen-bond donors (Lipinski definition) is 2. The van der Waals surface area contributed by atoms with Crippen LogP contribution in [-0.2, 0) is 25.1 Å². The summed E-state index contributed by atoms with van der Waals surface area (Å²) in [6, 6.07) is 3.67. The van der Waals surface area contributed by atoms with Gasteiger partial charge < -0.3 is 19.7 Å². The number of phenols is 1. The number of rotatable bonds is 2. The summed E-state index contributed by atoms with van der Waals surface area (Å²) in [7, 11) is 0. The predicted octanol–water partition coefficient (Wildman–Crippen LogP) is 3.54. The SMILES string of the molecule is Cc1cc(C2(C(=O)O)CCCOCCOCC2)cc(C(C)(C)C)c1O. The molecule has 140 valence electrons. The van der Waals surface area contributed by atoms with Gasteiger partial charge in [0.25, 0.3) is 0 Å². The van der Waals surface area contributed by atoms with Gasteiger partial charge in [0.2, 0.25) is 0 Å². The highest BCUT2D eigenvalue weighted by Crippen LogP contribution is 2.41. The molecule has 1 atom stereocenters. The highest BCUT2D eigenvalue weighted by Gasteiger charge is 2.41. The molecule has 1 aromatic carbocycles. The molecule has 1 saturated heterocycles. The average molecular weight is 350 g/mol. The molecule has 2 N–H and O–H groups in total. The van der Waals surface area contributed by atoms with Crippen molar-refractivity contribution in [3.05, 3.63) is 28.8 Å². The van der Waals surface area contributed by atoms with Gasteiger partial charge in [-0.05, 0) is 48.3 Å². The summed E-state index contributed by atoms with van der Waals surface area (Å²) >= 11 is 0. The molecular formula is C20H30O5. The maximum absolute atomic E-state index is 12.3. The van der Waals surface area contributed by atoms with Crippen LogP contribution in [0.5, 0.6) is 5.75 Å². The lowest BCUT2D eigenvalue weighted by Gasteiger charge is -2.33. The first-order valence-corrected chi connectivity index (χ1v) is 8.92. The molecule has 1 aliphatic heterocycles. The number of phenolic OH excluding ortho intramolecular Hbond substituents is 1. The van der Waals surface area contributed by atoms with E-state index in [1.807, 2.05) is 39.8 Å². The van der Waals surface area contributed by atoms with E-state index in [9.17, 15) is 15.0 Å². The molecule has 0 saturated carbocycles. The van der Waals surface area contributed by atoms with Gasteiger partial charge in [0.1, 0.15) is 5.75 Å². The Morgan fingerprint density at radius 1 is 1.08 bits per heavy atom. The molecule has 1 heterocycles. The zero-order valence-corrected chi connectivity index (χ0v) is 15.7. The van der Waals surface area contributed by atoms with Crippen molar-refractivity contribution in [3.8, 4) is 5.75 Å². The number of carboxylic acid groups (broad SMARTS) is 1. The minimum atomic E-state index is -1.03. The van der Waals surface area contributed by atoms with E-state index in [0.717, 1.165) is 11.1 Å². The second-order valence-corrected chi connectivity index (χ2v) is 7.90. The van der Waals surface area contributed by atoms with E-state index in [2.05, 4.69) is 0 Å². The molecule has 5 heteroatoms. The molecule has 0 aliphatic carbocycles. The first-order valence-electron chi connectivity index (χ1n) is 8.92. The number of carboxylic acids is 1. The zero-order valence-electron chi connectivity index (χ0n) is 15.7. The lowest BCUT2D eigenvalue weighted by atomic mass is 9.71. The standard InChI is InChI=1S/C20H30O5/c1-14-12-15(13-16(17(14)21)19(2,3)4)20(18(22)23)6-5-8-24-10-11-25-9-7-20/h12-13,21H,5-11H2,1-4H3,(H,22,23). The lowest BCUT2D eigenvalue weighted by Crippen LogP contribution is -2.38. The van der Waals surface area contributed by atoms with Crippen LogP contribution < -0.4 is 0 Å². The molecular weight excluding hydrogens is 320 g/mol. The second-order valence-electron chi connectivity index (χ2n) is 7.90. The number of ether oxygens (including phenoxy) is 2. The molecule has 0 amide bonds. The van der Waals surface area contributed by atoms with E-state index in [1.165, 1.54) is 0 Å². The van der Waals surface area contributed by atoms with Gasteiger partial charge in [0.05, 0.1) is 18.6 Å². The Labute approximate surface area is 150 Å². The van der Waals surface area contributed by atoms with Crippen molar-refractivity contribution < 1.29 is 24.5 Å². The van der Waals surface area contributed by atoms with E-state index >= 15 is 0 Å². The fourth-order valence-electron chi connectivity index (χ4n) is 3.42. The maximum Gasteiger partial charge on any atom is 0.314 e. The van der Waals surface area contributed by atoms with Crippen molar-refractivity contribution >= 4 is 5.97 Å². The van der Waals surface area contributed by atoms with Crippen LogP contribution in [0, 0.1) is 6.92 Å². The second kappa shape index (κ2) is 7.75. The van der Waals surface area contributed by atoms with Crippen molar-refractivity contribution in [2.24, 2.45) is 0 Å². The van der Waals surface area contributed by atoms with Gasteiger partial charge in [0.15, 0.2) is 0 Å². The monoisotopic (exact) mass is 350 g/mol. The summed E-state index contributed by atoms with van der Waals surface area (Å²) < 4.78 is 11.0. The first kappa shape index (κ1) is 19.7. The van der Waals surface area contributed by atoms with Gasteiger partial charge >= 0.3 is 5.97 Å². The molecule has 0 bridgehead atoms. The fraction of sp³-hybridized carbons (Fsp3) is 0.650. The number of benzene rings is 1. The predicted molar refractivity (Wildman–Crippen MR) is 96.3 cm³/mol. The van der Waals surface area contributed by atoms with Crippen LogP contribution in [0.25, 0.3) is 0 Å². The fourth-order valence-corrected chi connectivity index (χ4v) is 3.42. The van der Waals surface area contributed by atoms with Crippen LogP contribution in [0.15, 0.2) is 12.1 Å². The summed E-state index contributed by atoms with van der Waals surface area (Å²) in [6.45, 7) is 9.81. The lowest BCUT2D eigenvalue weighted by molar-refractivity contribution is -0.145. The van der Waals surface area contributed by atoms with Gasteiger partial charge in [-0.15, -0.1) is 0 Å². The van der Waals surface area contributed by atoms with Gasteiger partial charge in [-0.3, -0.25) is 4.79 Å². The minimum Gasteiger partial charge on any atom is -0.507 e. The number of hydrogen-bond acceptors (Lipinski definition) is 4. The third kappa shape index (κ3) is 4.33. The Morgan fingerprint density at radius 2 is 1.72 bits per heavy atom. The quantitative estimate of drug-likeness (QED) is 0.853. The van der Waals surface area contributed by atoms with E-state index < -0.39 is 11.4 Å². The highest BCUT2D eigenvalue weighted by molar-refractivity contribution is 5.82. The highest BCUT2D eigenvalue weighted by atomic mass is 16.5. The Kier molecular flexibility index (Phi) is 6.12. The van der Waals surface area contributed by atoms with Crippen LogP contribution in [0.3, 0.4) is 0 Å². The molecule has 0 radical (unpaired) electrons. The number of aromatic hydroxyl groups is 1. The third-order valence-corrected chi connectivity index (χ3v) is 5.01. The van der Waals surface area contributed by atoms with E-state index in [1.54, 1.807) is 0 Å². The van der Waals surface area contributed by atoms with Crippen molar-refractivity contribution in [1.29, 1.82) is 0 Å². The van der Waals surface area contributed by atoms with Gasteiger partial charge in [-0.2, -0.15) is 0 Å². The molecule has 1 aromatic rings. The van der Waals surface area contributed by atoms with Gasteiger partial charge in [-0.1, -0.05) is 32.9 Å². The average Bonchev–Trinajstić information content (AvgIpc) is 2.53. The first-order chi connectivity index (χ1) is 11.7.